The lowest BCUT2D eigenvalue weighted by atomic mass is 9.79. The topological polar surface area (TPSA) is 90.2 Å². The molecule has 1 rings (SSSR count). The number of hydrogen-bond donors (Lipinski definition) is 2. The van der Waals surface area contributed by atoms with E-state index in [1.165, 1.54) is 12.1 Å². The van der Waals surface area contributed by atoms with Gasteiger partial charge in [0.15, 0.2) is 0 Å². The zero-order valence-corrected chi connectivity index (χ0v) is 11.9. The second kappa shape index (κ2) is 6.84. The Morgan fingerprint density at radius 1 is 1.38 bits per heavy atom. The van der Waals surface area contributed by atoms with Crippen LogP contribution in [0, 0.1) is 22.6 Å². The molecule has 1 amide bonds. The summed E-state index contributed by atoms with van der Waals surface area (Å²) in [7, 11) is 0. The molecule has 0 saturated heterocycles. The molecule has 0 aliphatic carbocycles. The molecule has 21 heavy (non-hydrogen) atoms. The maximum atomic E-state index is 13.2. The number of carbonyl (C=O) groups excluding carboxylic acids is 1. The van der Waals surface area contributed by atoms with Crippen LogP contribution in [0.5, 0.6) is 0 Å². The predicted octanol–water partition coefficient (Wildman–Crippen LogP) is 2.92. The molecule has 1 aromatic rings. The van der Waals surface area contributed by atoms with Gasteiger partial charge in [0.1, 0.15) is 11.9 Å². The minimum absolute atomic E-state index is 0.172. The Hall–Kier alpha value is -2.42. The van der Waals surface area contributed by atoms with Crippen LogP contribution in [-0.4, -0.2) is 17.0 Å². The average Bonchev–Trinajstić information content (AvgIpc) is 2.46. The van der Waals surface area contributed by atoms with Gasteiger partial charge in [-0.2, -0.15) is 5.26 Å². The molecule has 0 radical (unpaired) electrons. The van der Waals surface area contributed by atoms with Crippen LogP contribution in [0.1, 0.15) is 38.7 Å². The normalized spacial score (nSPS) is 10.8. The molecular formula is C15H17FN2O3. The highest BCUT2D eigenvalue weighted by atomic mass is 19.1. The largest absolute Gasteiger partial charge is 0.481 e. The van der Waals surface area contributed by atoms with Crippen molar-refractivity contribution in [2.24, 2.45) is 5.41 Å². The summed E-state index contributed by atoms with van der Waals surface area (Å²) in [6.45, 7) is 3.44. The van der Waals surface area contributed by atoms with Gasteiger partial charge in [0.25, 0.3) is 0 Å². The van der Waals surface area contributed by atoms with Crippen molar-refractivity contribution in [3.63, 3.8) is 0 Å². The third-order valence-corrected chi connectivity index (χ3v) is 3.68. The summed E-state index contributed by atoms with van der Waals surface area (Å²) in [4.78, 5) is 23.3. The highest BCUT2D eigenvalue weighted by Gasteiger charge is 2.37. The van der Waals surface area contributed by atoms with Crippen LogP contribution in [0.3, 0.4) is 0 Å². The fourth-order valence-electron chi connectivity index (χ4n) is 2.08. The Labute approximate surface area is 122 Å². The van der Waals surface area contributed by atoms with Crippen LogP contribution in [0.2, 0.25) is 0 Å². The fraction of sp³-hybridized carbons (Fsp3) is 0.400. The summed E-state index contributed by atoms with van der Waals surface area (Å²) in [6, 6.07) is 5.30. The molecule has 6 heteroatoms. The number of carbonyl (C=O) groups is 2. The van der Waals surface area contributed by atoms with Crippen LogP contribution in [0.4, 0.5) is 10.1 Å². The lowest BCUT2D eigenvalue weighted by Gasteiger charge is -2.25. The van der Waals surface area contributed by atoms with Crippen LogP contribution < -0.4 is 5.32 Å². The molecule has 0 bridgehead atoms. The van der Waals surface area contributed by atoms with E-state index in [0.717, 1.165) is 6.07 Å². The predicted molar refractivity (Wildman–Crippen MR) is 75.0 cm³/mol. The van der Waals surface area contributed by atoms with E-state index < -0.39 is 23.1 Å². The number of benzene rings is 1. The van der Waals surface area contributed by atoms with Gasteiger partial charge in [0, 0.05) is 12.1 Å². The highest BCUT2D eigenvalue weighted by molar-refractivity contribution is 5.94. The number of halogens is 1. The van der Waals surface area contributed by atoms with Crippen LogP contribution >= 0.6 is 0 Å². The van der Waals surface area contributed by atoms with Crippen molar-refractivity contribution in [1.82, 2.24) is 0 Å². The Morgan fingerprint density at radius 2 is 2.00 bits per heavy atom. The second-order valence-corrected chi connectivity index (χ2v) is 4.82. The van der Waals surface area contributed by atoms with Gasteiger partial charge >= 0.3 is 5.97 Å². The number of carboxylic acids is 1. The first-order valence-electron chi connectivity index (χ1n) is 6.61. The third-order valence-electron chi connectivity index (χ3n) is 3.68. The van der Waals surface area contributed by atoms with Gasteiger partial charge < -0.3 is 10.4 Å². The number of nitrogens with one attached hydrogen (secondary N) is 1. The number of nitriles is 1. The van der Waals surface area contributed by atoms with E-state index in [-0.39, 0.29) is 17.7 Å². The Kier molecular flexibility index (Phi) is 5.42. The Bertz CT molecular complexity index is 589. The molecule has 0 aliphatic heterocycles. The summed E-state index contributed by atoms with van der Waals surface area (Å²) in [6.07, 6.45) is 0.493. The molecule has 0 atom stereocenters. The third kappa shape index (κ3) is 3.78. The summed E-state index contributed by atoms with van der Waals surface area (Å²) in [5.74, 6) is -2.16. The number of hydrogen-bond acceptors (Lipinski definition) is 3. The van der Waals surface area contributed by atoms with Crippen molar-refractivity contribution in [3.8, 4) is 6.07 Å². The maximum absolute atomic E-state index is 13.2. The van der Waals surface area contributed by atoms with E-state index in [1.807, 2.05) is 0 Å². The lowest BCUT2D eigenvalue weighted by Crippen LogP contribution is -2.34. The fourth-order valence-corrected chi connectivity index (χ4v) is 2.08. The van der Waals surface area contributed by atoms with Crippen molar-refractivity contribution in [2.75, 3.05) is 5.32 Å². The molecule has 0 fully saturated rings. The number of nitrogens with zero attached hydrogens (tertiary/aromatic N) is 1. The quantitative estimate of drug-likeness (QED) is 0.843. The summed E-state index contributed by atoms with van der Waals surface area (Å²) < 4.78 is 13.2. The maximum Gasteiger partial charge on any atom is 0.310 e. The van der Waals surface area contributed by atoms with Gasteiger partial charge in [-0.1, -0.05) is 13.8 Å². The monoisotopic (exact) mass is 292 g/mol. The first-order valence-corrected chi connectivity index (χ1v) is 6.61. The molecule has 0 heterocycles. The molecule has 1 aromatic carbocycles. The van der Waals surface area contributed by atoms with Crippen molar-refractivity contribution in [2.45, 2.75) is 33.1 Å². The molecule has 0 aliphatic rings. The van der Waals surface area contributed by atoms with E-state index >= 15 is 0 Å². The second-order valence-electron chi connectivity index (χ2n) is 4.82. The van der Waals surface area contributed by atoms with E-state index in [9.17, 15) is 19.1 Å². The number of carboxylic acid groups (broad SMARTS) is 1. The smallest absolute Gasteiger partial charge is 0.310 e. The van der Waals surface area contributed by atoms with Crippen LogP contribution in [-0.2, 0) is 9.59 Å². The molecule has 0 saturated carbocycles. The number of rotatable bonds is 6. The van der Waals surface area contributed by atoms with E-state index in [2.05, 4.69) is 5.32 Å². The van der Waals surface area contributed by atoms with E-state index in [4.69, 9.17) is 5.26 Å². The number of aliphatic carboxylic acids is 1. The first-order chi connectivity index (χ1) is 9.88. The summed E-state index contributed by atoms with van der Waals surface area (Å²) in [5, 5.41) is 20.5. The standard InChI is InChI=1S/C15H17FN2O3/c1-3-15(4-2,14(20)21)8-13(19)18-11-5-6-12(16)10(7-11)9-17/h5-7H,3-4,8H2,1-2H3,(H,18,19)(H,20,21). The first kappa shape index (κ1) is 16.6. The molecule has 0 spiro atoms. The van der Waals surface area contributed by atoms with Crippen molar-refractivity contribution in [1.29, 1.82) is 5.26 Å². The zero-order valence-electron chi connectivity index (χ0n) is 11.9. The van der Waals surface area contributed by atoms with E-state index in [0.29, 0.717) is 12.8 Å². The Morgan fingerprint density at radius 3 is 2.48 bits per heavy atom. The van der Waals surface area contributed by atoms with Crippen LogP contribution in [0.25, 0.3) is 0 Å². The van der Waals surface area contributed by atoms with Gasteiger partial charge in [-0.3, -0.25) is 9.59 Å². The lowest BCUT2D eigenvalue weighted by molar-refractivity contribution is -0.151. The van der Waals surface area contributed by atoms with Gasteiger partial charge in [0.2, 0.25) is 5.91 Å². The minimum Gasteiger partial charge on any atom is -0.481 e. The molecule has 2 N–H and O–H groups in total. The highest BCUT2D eigenvalue weighted by Crippen LogP contribution is 2.31. The van der Waals surface area contributed by atoms with Crippen molar-refractivity contribution >= 4 is 17.6 Å². The minimum atomic E-state index is -1.11. The molecular weight excluding hydrogens is 275 g/mol. The van der Waals surface area contributed by atoms with Gasteiger partial charge in [-0.05, 0) is 31.0 Å². The molecule has 112 valence electrons. The van der Waals surface area contributed by atoms with E-state index in [1.54, 1.807) is 19.9 Å². The number of amides is 1. The molecule has 5 nitrogen and oxygen atoms in total. The van der Waals surface area contributed by atoms with Gasteiger partial charge in [-0.15, -0.1) is 0 Å². The van der Waals surface area contributed by atoms with Crippen molar-refractivity contribution in [3.05, 3.63) is 29.6 Å². The SMILES string of the molecule is CCC(CC)(CC(=O)Nc1ccc(F)c(C#N)c1)C(=O)O. The van der Waals surface area contributed by atoms with Crippen molar-refractivity contribution < 1.29 is 19.1 Å². The number of anilines is 1. The summed E-state index contributed by atoms with van der Waals surface area (Å²) in [5.41, 5.74) is -1.02. The summed E-state index contributed by atoms with van der Waals surface area (Å²) >= 11 is 0. The van der Waals surface area contributed by atoms with Gasteiger partial charge in [0.05, 0.1) is 11.0 Å². The zero-order chi connectivity index (χ0) is 16.0. The molecule has 0 aromatic heterocycles. The van der Waals surface area contributed by atoms with Gasteiger partial charge in [-0.25, -0.2) is 4.39 Å². The van der Waals surface area contributed by atoms with Crippen LogP contribution in [0.15, 0.2) is 18.2 Å². The molecule has 0 unspecified atom stereocenters. The average molecular weight is 292 g/mol. The Balaban J connectivity index is 2.87.